The molecule has 0 rings (SSSR count). The van der Waals surface area contributed by atoms with Crippen molar-refractivity contribution >= 4 is 15.7 Å². The van der Waals surface area contributed by atoms with E-state index in [0.717, 1.165) is 25.5 Å². The van der Waals surface area contributed by atoms with Gasteiger partial charge in [0.1, 0.15) is 0 Å². The summed E-state index contributed by atoms with van der Waals surface area (Å²) in [6, 6.07) is 1.14. The van der Waals surface area contributed by atoms with Gasteiger partial charge >= 0.3 is 5.97 Å². The third kappa shape index (κ3) is 7.74. The first kappa shape index (κ1) is 12.4. The summed E-state index contributed by atoms with van der Waals surface area (Å²) in [7, 11) is -0.330. The van der Waals surface area contributed by atoms with E-state index in [2.05, 4.69) is 6.58 Å². The fourth-order valence-electron chi connectivity index (χ4n) is 0.971. The summed E-state index contributed by atoms with van der Waals surface area (Å²) in [5.74, 6) is -0.873. The molecule has 0 saturated heterocycles. The maximum atomic E-state index is 10.3. The van der Waals surface area contributed by atoms with Crippen molar-refractivity contribution in [3.05, 3.63) is 12.2 Å². The zero-order valence-corrected chi connectivity index (χ0v) is 9.63. The Morgan fingerprint density at radius 3 is 2.77 bits per heavy atom. The van der Waals surface area contributed by atoms with Gasteiger partial charge in [-0.2, -0.15) is 0 Å². The first-order chi connectivity index (χ1) is 6.18. The van der Waals surface area contributed by atoms with E-state index in [1.807, 2.05) is 6.92 Å². The van der Waals surface area contributed by atoms with Gasteiger partial charge < -0.3 is 9.53 Å². The molecule has 13 heavy (non-hydrogen) atoms. The van der Waals surface area contributed by atoms with E-state index in [9.17, 15) is 4.79 Å². The number of carboxylic acids is 1. The monoisotopic (exact) mass is 202 g/mol. The SMILES string of the molecule is C=C(CCCC[SiH2]OCC)C(=O)O. The third-order valence-corrected chi connectivity index (χ3v) is 3.26. The summed E-state index contributed by atoms with van der Waals surface area (Å²) < 4.78 is 5.29. The van der Waals surface area contributed by atoms with Crippen molar-refractivity contribution in [1.82, 2.24) is 0 Å². The molecule has 0 fully saturated rings. The molecule has 3 nitrogen and oxygen atoms in total. The molecule has 0 aromatic rings. The van der Waals surface area contributed by atoms with Crippen LogP contribution in [0.25, 0.3) is 0 Å². The lowest BCUT2D eigenvalue weighted by Gasteiger charge is -2.01. The standard InChI is InChI=1S/C9H18O3Si/c1-3-12-13-7-5-4-6-8(2)9(10)11/h2-7,13H2,1H3,(H,10,11). The first-order valence-corrected chi connectivity index (χ1v) is 6.25. The van der Waals surface area contributed by atoms with Gasteiger partial charge in [0.05, 0.1) is 0 Å². The van der Waals surface area contributed by atoms with Crippen LogP contribution in [0.2, 0.25) is 6.04 Å². The zero-order chi connectivity index (χ0) is 10.1. The van der Waals surface area contributed by atoms with E-state index in [1.54, 1.807) is 0 Å². The van der Waals surface area contributed by atoms with Gasteiger partial charge in [0.15, 0.2) is 9.76 Å². The van der Waals surface area contributed by atoms with Crippen molar-refractivity contribution in [2.45, 2.75) is 32.2 Å². The molecule has 0 saturated carbocycles. The fourth-order valence-corrected chi connectivity index (χ4v) is 2.02. The van der Waals surface area contributed by atoms with E-state index >= 15 is 0 Å². The number of carbonyl (C=O) groups is 1. The highest BCUT2D eigenvalue weighted by molar-refractivity contribution is 6.26. The summed E-state index contributed by atoms with van der Waals surface area (Å²) in [6.45, 7) is 6.28. The van der Waals surface area contributed by atoms with Crippen molar-refractivity contribution in [3.8, 4) is 0 Å². The van der Waals surface area contributed by atoms with Crippen LogP contribution in [-0.4, -0.2) is 27.4 Å². The van der Waals surface area contributed by atoms with Crippen LogP contribution in [0, 0.1) is 0 Å². The van der Waals surface area contributed by atoms with Crippen molar-refractivity contribution < 1.29 is 14.3 Å². The Bertz CT molecular complexity index is 168. The number of carboxylic acid groups (broad SMARTS) is 1. The average molecular weight is 202 g/mol. The molecule has 4 heteroatoms. The Labute approximate surface area is 81.7 Å². The van der Waals surface area contributed by atoms with E-state index in [1.165, 1.54) is 0 Å². The number of hydrogen-bond donors (Lipinski definition) is 1. The molecule has 0 bridgehead atoms. The van der Waals surface area contributed by atoms with E-state index in [4.69, 9.17) is 9.53 Å². The molecule has 0 aromatic heterocycles. The number of aliphatic carboxylic acids is 1. The van der Waals surface area contributed by atoms with Crippen LogP contribution < -0.4 is 0 Å². The minimum absolute atomic E-state index is 0.318. The smallest absolute Gasteiger partial charge is 0.330 e. The summed E-state index contributed by atoms with van der Waals surface area (Å²) >= 11 is 0. The minimum atomic E-state index is -0.873. The van der Waals surface area contributed by atoms with Crippen LogP contribution in [0.1, 0.15) is 26.2 Å². The highest BCUT2D eigenvalue weighted by atomic mass is 28.2. The Balaban J connectivity index is 3.16. The molecule has 0 unspecified atom stereocenters. The number of unbranched alkanes of at least 4 members (excludes halogenated alkanes) is 1. The molecule has 76 valence electrons. The van der Waals surface area contributed by atoms with Crippen LogP contribution >= 0.6 is 0 Å². The van der Waals surface area contributed by atoms with Crippen LogP contribution in [0.4, 0.5) is 0 Å². The second kappa shape index (κ2) is 8.01. The van der Waals surface area contributed by atoms with Crippen LogP contribution in [0.15, 0.2) is 12.2 Å². The lowest BCUT2D eigenvalue weighted by molar-refractivity contribution is -0.132. The second-order valence-electron chi connectivity index (χ2n) is 2.92. The van der Waals surface area contributed by atoms with Crippen molar-refractivity contribution in [2.24, 2.45) is 0 Å². The van der Waals surface area contributed by atoms with Crippen molar-refractivity contribution in [2.75, 3.05) is 6.61 Å². The minimum Gasteiger partial charge on any atom is -0.478 e. The van der Waals surface area contributed by atoms with Gasteiger partial charge in [0.2, 0.25) is 0 Å². The molecule has 0 aliphatic heterocycles. The number of rotatable bonds is 8. The molecule has 0 aromatic carbocycles. The van der Waals surface area contributed by atoms with Gasteiger partial charge in [-0.3, -0.25) is 0 Å². The molecule has 0 aliphatic rings. The van der Waals surface area contributed by atoms with Gasteiger partial charge in [-0.25, -0.2) is 4.79 Å². The topological polar surface area (TPSA) is 46.5 Å². The Morgan fingerprint density at radius 1 is 1.54 bits per heavy atom. The lowest BCUT2D eigenvalue weighted by atomic mass is 10.1. The summed E-state index contributed by atoms with van der Waals surface area (Å²) in [6.07, 6.45) is 2.60. The molecule has 0 radical (unpaired) electrons. The molecular formula is C9H18O3Si. The Hall–Kier alpha value is -0.613. The second-order valence-corrected chi connectivity index (χ2v) is 4.44. The Morgan fingerprint density at radius 2 is 2.23 bits per heavy atom. The normalized spacial score (nSPS) is 10.8. The first-order valence-electron chi connectivity index (χ1n) is 4.67. The van der Waals surface area contributed by atoms with Crippen LogP contribution in [0.3, 0.4) is 0 Å². The highest BCUT2D eigenvalue weighted by Crippen LogP contribution is 2.07. The largest absolute Gasteiger partial charge is 0.478 e. The number of hydrogen-bond acceptors (Lipinski definition) is 2. The summed E-state index contributed by atoms with van der Waals surface area (Å²) in [5.41, 5.74) is 0.318. The van der Waals surface area contributed by atoms with Gasteiger partial charge in [-0.15, -0.1) is 0 Å². The predicted molar refractivity (Wildman–Crippen MR) is 55.6 cm³/mol. The molecular weight excluding hydrogens is 184 g/mol. The quantitative estimate of drug-likeness (QED) is 0.367. The lowest BCUT2D eigenvalue weighted by Crippen LogP contribution is -2.00. The zero-order valence-electron chi connectivity index (χ0n) is 8.21. The molecule has 0 amide bonds. The fraction of sp³-hybridized carbons (Fsp3) is 0.667. The van der Waals surface area contributed by atoms with E-state index in [-0.39, 0.29) is 9.76 Å². The third-order valence-electron chi connectivity index (χ3n) is 1.77. The van der Waals surface area contributed by atoms with E-state index in [0.29, 0.717) is 12.0 Å². The van der Waals surface area contributed by atoms with Crippen LogP contribution in [-0.2, 0) is 9.22 Å². The van der Waals surface area contributed by atoms with E-state index < -0.39 is 5.97 Å². The maximum Gasteiger partial charge on any atom is 0.330 e. The summed E-state index contributed by atoms with van der Waals surface area (Å²) in [4.78, 5) is 10.3. The van der Waals surface area contributed by atoms with Gasteiger partial charge in [0, 0.05) is 12.2 Å². The molecule has 0 atom stereocenters. The molecule has 0 heterocycles. The summed E-state index contributed by atoms with van der Waals surface area (Å²) in [5, 5.41) is 8.51. The highest BCUT2D eigenvalue weighted by Gasteiger charge is 2.02. The Kier molecular flexibility index (Phi) is 7.63. The molecule has 0 spiro atoms. The molecule has 1 N–H and O–H groups in total. The predicted octanol–water partition coefficient (Wildman–Crippen LogP) is 1.34. The van der Waals surface area contributed by atoms with Gasteiger partial charge in [0.25, 0.3) is 0 Å². The van der Waals surface area contributed by atoms with Gasteiger partial charge in [-0.05, 0) is 25.8 Å². The van der Waals surface area contributed by atoms with Crippen molar-refractivity contribution in [3.63, 3.8) is 0 Å². The maximum absolute atomic E-state index is 10.3. The molecule has 0 aliphatic carbocycles. The average Bonchev–Trinajstić information content (AvgIpc) is 2.10. The van der Waals surface area contributed by atoms with Crippen LogP contribution in [0.5, 0.6) is 0 Å². The van der Waals surface area contributed by atoms with Crippen molar-refractivity contribution in [1.29, 1.82) is 0 Å². The van der Waals surface area contributed by atoms with Gasteiger partial charge in [-0.1, -0.05) is 13.0 Å².